The average molecular weight is 440 g/mol. The van der Waals surface area contributed by atoms with Crippen molar-refractivity contribution in [1.82, 2.24) is 9.88 Å². The minimum absolute atomic E-state index is 0.183. The van der Waals surface area contributed by atoms with Crippen LogP contribution in [0.25, 0.3) is 0 Å². The van der Waals surface area contributed by atoms with E-state index in [1.54, 1.807) is 0 Å². The second-order valence-electron chi connectivity index (χ2n) is 6.70. The summed E-state index contributed by atoms with van der Waals surface area (Å²) in [5.74, 6) is -5.69. The SMILES string of the molecule is COC(=O)c1c(OC)c(=O)c(C(=O)NCc2c(F)cc(F)cc2F)cn1[C@@H]1CCOC1. The molecule has 1 aromatic heterocycles. The van der Waals surface area contributed by atoms with Gasteiger partial charge in [-0.2, -0.15) is 0 Å². The molecule has 1 fully saturated rings. The molecule has 1 N–H and O–H groups in total. The van der Waals surface area contributed by atoms with Gasteiger partial charge in [0.2, 0.25) is 5.43 Å². The standard InChI is InChI=1S/C20H19F3N2O6/c1-29-18-16(20(28)30-2)25(11-3-4-31-9-11)8-13(17(18)26)19(27)24-7-12-14(22)5-10(21)6-15(12)23/h5-6,8,11H,3-4,7,9H2,1-2H3,(H,24,27)/t11-/m1/s1. The van der Waals surface area contributed by atoms with E-state index in [0.29, 0.717) is 25.2 Å². The Bertz CT molecular complexity index is 1060. The first-order valence-corrected chi connectivity index (χ1v) is 9.19. The lowest BCUT2D eigenvalue weighted by atomic mass is 10.1. The van der Waals surface area contributed by atoms with Crippen LogP contribution in [0.15, 0.2) is 23.1 Å². The lowest BCUT2D eigenvalue weighted by Gasteiger charge is -2.20. The third-order valence-corrected chi connectivity index (χ3v) is 4.85. The van der Waals surface area contributed by atoms with E-state index in [-0.39, 0.29) is 18.3 Å². The zero-order valence-corrected chi connectivity index (χ0v) is 16.7. The van der Waals surface area contributed by atoms with E-state index in [4.69, 9.17) is 14.2 Å². The number of hydrogen-bond donors (Lipinski definition) is 1. The Hall–Kier alpha value is -3.34. The Morgan fingerprint density at radius 1 is 1.23 bits per heavy atom. The predicted molar refractivity (Wildman–Crippen MR) is 101 cm³/mol. The monoisotopic (exact) mass is 440 g/mol. The molecule has 11 heteroatoms. The van der Waals surface area contributed by atoms with Crippen LogP contribution in [0.4, 0.5) is 13.2 Å². The van der Waals surface area contributed by atoms with Gasteiger partial charge in [-0.15, -0.1) is 0 Å². The number of amides is 1. The molecule has 0 saturated carbocycles. The molecular weight excluding hydrogens is 421 g/mol. The van der Waals surface area contributed by atoms with Crippen LogP contribution in [0.2, 0.25) is 0 Å². The van der Waals surface area contributed by atoms with Crippen molar-refractivity contribution in [2.75, 3.05) is 27.4 Å². The molecule has 8 nitrogen and oxygen atoms in total. The number of rotatable bonds is 6. The third-order valence-electron chi connectivity index (χ3n) is 4.85. The van der Waals surface area contributed by atoms with Gasteiger partial charge in [0, 0.05) is 37.0 Å². The number of esters is 1. The largest absolute Gasteiger partial charge is 0.491 e. The molecule has 3 rings (SSSR count). The second kappa shape index (κ2) is 9.21. The number of benzene rings is 1. The molecule has 1 aliphatic heterocycles. The van der Waals surface area contributed by atoms with Crippen LogP contribution in [-0.2, 0) is 16.0 Å². The minimum atomic E-state index is -1.18. The van der Waals surface area contributed by atoms with Gasteiger partial charge in [-0.3, -0.25) is 9.59 Å². The van der Waals surface area contributed by atoms with Crippen molar-refractivity contribution in [2.45, 2.75) is 19.0 Å². The molecule has 0 spiro atoms. The highest BCUT2D eigenvalue weighted by molar-refractivity contribution is 5.96. The molecule has 0 bridgehead atoms. The number of pyridine rings is 1. The van der Waals surface area contributed by atoms with Crippen LogP contribution < -0.4 is 15.5 Å². The summed E-state index contributed by atoms with van der Waals surface area (Å²) in [6.45, 7) is -0.00270. The fourth-order valence-electron chi connectivity index (χ4n) is 3.29. The van der Waals surface area contributed by atoms with Crippen LogP contribution in [0.5, 0.6) is 5.75 Å². The topological polar surface area (TPSA) is 95.9 Å². The van der Waals surface area contributed by atoms with Gasteiger partial charge in [-0.1, -0.05) is 0 Å². The number of nitrogens with one attached hydrogen (secondary N) is 1. The Morgan fingerprint density at radius 3 is 2.45 bits per heavy atom. The Kier molecular flexibility index (Phi) is 6.64. The number of hydrogen-bond acceptors (Lipinski definition) is 6. The smallest absolute Gasteiger partial charge is 0.358 e. The third kappa shape index (κ3) is 4.41. The first kappa shape index (κ1) is 22.3. The zero-order chi connectivity index (χ0) is 22.7. The highest BCUT2D eigenvalue weighted by Gasteiger charge is 2.30. The Labute approximate surface area is 174 Å². The number of halogens is 3. The van der Waals surface area contributed by atoms with Crippen molar-refractivity contribution in [3.63, 3.8) is 0 Å². The fraction of sp³-hybridized carbons (Fsp3) is 0.350. The number of carbonyl (C=O) groups is 2. The molecule has 1 aliphatic rings. The molecule has 31 heavy (non-hydrogen) atoms. The van der Waals surface area contributed by atoms with E-state index in [1.165, 1.54) is 4.57 Å². The zero-order valence-electron chi connectivity index (χ0n) is 16.7. The van der Waals surface area contributed by atoms with Gasteiger partial charge in [0.25, 0.3) is 5.91 Å². The van der Waals surface area contributed by atoms with Gasteiger partial charge in [0.15, 0.2) is 11.4 Å². The van der Waals surface area contributed by atoms with Crippen molar-refractivity contribution in [1.29, 1.82) is 0 Å². The van der Waals surface area contributed by atoms with Gasteiger partial charge in [0.05, 0.1) is 26.9 Å². The Balaban J connectivity index is 2.00. The summed E-state index contributed by atoms with van der Waals surface area (Å²) in [4.78, 5) is 37.8. The molecule has 1 amide bonds. The summed E-state index contributed by atoms with van der Waals surface area (Å²) in [5.41, 5.74) is -2.08. The van der Waals surface area contributed by atoms with E-state index in [2.05, 4.69) is 5.32 Å². The van der Waals surface area contributed by atoms with Gasteiger partial charge in [0.1, 0.15) is 23.0 Å². The first-order valence-electron chi connectivity index (χ1n) is 9.19. The summed E-state index contributed by atoms with van der Waals surface area (Å²) in [7, 11) is 2.29. The molecule has 1 saturated heterocycles. The van der Waals surface area contributed by atoms with E-state index >= 15 is 0 Å². The maximum Gasteiger partial charge on any atom is 0.358 e. The molecular formula is C20H19F3N2O6. The maximum atomic E-state index is 13.8. The van der Waals surface area contributed by atoms with Gasteiger partial charge >= 0.3 is 5.97 Å². The van der Waals surface area contributed by atoms with Gasteiger partial charge in [-0.25, -0.2) is 18.0 Å². The van der Waals surface area contributed by atoms with Crippen molar-refractivity contribution in [3.05, 3.63) is 62.8 Å². The first-order chi connectivity index (χ1) is 14.8. The van der Waals surface area contributed by atoms with Crippen molar-refractivity contribution in [2.24, 2.45) is 0 Å². The van der Waals surface area contributed by atoms with E-state index in [0.717, 1.165) is 20.4 Å². The molecule has 166 valence electrons. The summed E-state index contributed by atoms with van der Waals surface area (Å²) in [5, 5.41) is 2.23. The quantitative estimate of drug-likeness (QED) is 0.690. The normalized spacial score (nSPS) is 15.6. The summed E-state index contributed by atoms with van der Waals surface area (Å²) < 4.78 is 57.2. The Morgan fingerprint density at radius 2 is 1.90 bits per heavy atom. The number of aromatic nitrogens is 1. The van der Waals surface area contributed by atoms with E-state index < -0.39 is 58.2 Å². The fourth-order valence-corrected chi connectivity index (χ4v) is 3.29. The number of ether oxygens (including phenoxy) is 3. The van der Waals surface area contributed by atoms with Crippen LogP contribution in [0.3, 0.4) is 0 Å². The molecule has 1 atom stereocenters. The molecule has 0 radical (unpaired) electrons. The van der Waals surface area contributed by atoms with Gasteiger partial charge in [-0.05, 0) is 6.42 Å². The highest BCUT2D eigenvalue weighted by atomic mass is 19.1. The van der Waals surface area contributed by atoms with Crippen LogP contribution in [0.1, 0.15) is 38.9 Å². The van der Waals surface area contributed by atoms with E-state index in [9.17, 15) is 27.6 Å². The number of nitrogens with zero attached hydrogens (tertiary/aromatic N) is 1. The van der Waals surface area contributed by atoms with Gasteiger partial charge < -0.3 is 24.1 Å². The minimum Gasteiger partial charge on any atom is -0.491 e. The molecule has 0 aliphatic carbocycles. The molecule has 2 heterocycles. The predicted octanol–water partition coefficient (Wildman–Crippen LogP) is 1.95. The molecule has 1 aromatic carbocycles. The summed E-state index contributed by atoms with van der Waals surface area (Å²) >= 11 is 0. The average Bonchev–Trinajstić information content (AvgIpc) is 3.26. The van der Waals surface area contributed by atoms with Crippen LogP contribution >= 0.6 is 0 Å². The number of methoxy groups -OCH3 is 2. The van der Waals surface area contributed by atoms with Crippen LogP contribution in [0, 0.1) is 17.5 Å². The molecule has 2 aromatic rings. The number of carbonyl (C=O) groups excluding carboxylic acids is 2. The lowest BCUT2D eigenvalue weighted by Crippen LogP contribution is -2.33. The summed E-state index contributed by atoms with van der Waals surface area (Å²) in [6, 6.07) is 0.583. The van der Waals surface area contributed by atoms with E-state index in [1.807, 2.05) is 0 Å². The second-order valence-corrected chi connectivity index (χ2v) is 6.70. The highest BCUT2D eigenvalue weighted by Crippen LogP contribution is 2.26. The van der Waals surface area contributed by atoms with Crippen molar-refractivity contribution < 1.29 is 37.0 Å². The summed E-state index contributed by atoms with van der Waals surface area (Å²) in [6.07, 6.45) is 1.66. The van der Waals surface area contributed by atoms with Crippen molar-refractivity contribution >= 4 is 11.9 Å². The molecule has 0 unspecified atom stereocenters. The van der Waals surface area contributed by atoms with Crippen LogP contribution in [-0.4, -0.2) is 43.9 Å². The maximum absolute atomic E-state index is 13.8. The van der Waals surface area contributed by atoms with Crippen molar-refractivity contribution in [3.8, 4) is 5.75 Å². The lowest BCUT2D eigenvalue weighted by molar-refractivity contribution is 0.0578.